The second-order valence-corrected chi connectivity index (χ2v) is 5.16. The lowest BCUT2D eigenvalue weighted by Crippen LogP contribution is -2.36. The molecule has 16 heavy (non-hydrogen) atoms. The highest BCUT2D eigenvalue weighted by atomic mass is 79.9. The van der Waals surface area contributed by atoms with Gasteiger partial charge in [0.15, 0.2) is 5.60 Å². The van der Waals surface area contributed by atoms with E-state index in [1.54, 1.807) is 11.9 Å². The van der Waals surface area contributed by atoms with Crippen LogP contribution in [0.3, 0.4) is 0 Å². The molecule has 1 atom stereocenters. The highest BCUT2D eigenvalue weighted by molar-refractivity contribution is 9.10. The number of aliphatic hydroxyl groups is 1. The Hall–Kier alpha value is -0.870. The predicted molar refractivity (Wildman–Crippen MR) is 65.0 cm³/mol. The average Bonchev–Trinajstić information content (AvgIpc) is 2.52. The van der Waals surface area contributed by atoms with Crippen LogP contribution >= 0.6 is 15.9 Å². The summed E-state index contributed by atoms with van der Waals surface area (Å²) in [7, 11) is 1.71. The normalized spacial score (nSPS) is 25.2. The smallest absolute Gasteiger partial charge is 0.258 e. The van der Waals surface area contributed by atoms with Crippen molar-refractivity contribution in [1.29, 1.82) is 0 Å². The van der Waals surface area contributed by atoms with E-state index in [9.17, 15) is 9.90 Å². The molecular weight excluding hydrogens is 270 g/mol. The predicted octanol–water partition coefficient (Wildman–Crippen LogP) is 1.81. The maximum Gasteiger partial charge on any atom is 0.258 e. The van der Waals surface area contributed by atoms with Gasteiger partial charge in [0.2, 0.25) is 0 Å². The second kappa shape index (κ2) is 3.86. The summed E-state index contributed by atoms with van der Waals surface area (Å²) in [6, 6.07) is 5.55. The number of carbonyl (C=O) groups excluding carboxylic acids is 1. The maximum absolute atomic E-state index is 11.9. The monoisotopic (exact) mass is 283 g/mol. The molecule has 0 spiro atoms. The van der Waals surface area contributed by atoms with E-state index in [2.05, 4.69) is 15.9 Å². The molecule has 1 amide bonds. The number of aryl methyl sites for hydroxylation is 1. The number of likely N-dealkylation sites (N-methyl/N-ethyl adjacent to an activating group) is 1. The van der Waals surface area contributed by atoms with Gasteiger partial charge in [0, 0.05) is 24.5 Å². The summed E-state index contributed by atoms with van der Waals surface area (Å²) in [5.74, 6) is -0.219. The summed E-state index contributed by atoms with van der Waals surface area (Å²) in [5, 5.41) is 10.4. The van der Waals surface area contributed by atoms with Gasteiger partial charge in [-0.2, -0.15) is 0 Å². The molecule has 3 nitrogen and oxygen atoms in total. The zero-order valence-corrected chi connectivity index (χ0v) is 10.9. The molecule has 1 aliphatic heterocycles. The van der Waals surface area contributed by atoms with Crippen LogP contribution in [0.2, 0.25) is 0 Å². The molecule has 0 aromatic heterocycles. The fraction of sp³-hybridized carbons (Fsp3) is 0.417. The van der Waals surface area contributed by atoms with Gasteiger partial charge in [0.1, 0.15) is 0 Å². The van der Waals surface area contributed by atoms with Gasteiger partial charge in [-0.1, -0.05) is 28.1 Å². The Balaban J connectivity index is 2.44. The van der Waals surface area contributed by atoms with E-state index in [0.717, 1.165) is 10.0 Å². The number of amides is 1. The van der Waals surface area contributed by atoms with Crippen LogP contribution in [0.5, 0.6) is 0 Å². The highest BCUT2D eigenvalue weighted by Gasteiger charge is 2.45. The van der Waals surface area contributed by atoms with Crippen LogP contribution < -0.4 is 0 Å². The van der Waals surface area contributed by atoms with E-state index >= 15 is 0 Å². The van der Waals surface area contributed by atoms with Gasteiger partial charge >= 0.3 is 0 Å². The van der Waals surface area contributed by atoms with E-state index < -0.39 is 5.60 Å². The minimum Gasteiger partial charge on any atom is -0.375 e. The molecule has 1 heterocycles. The maximum atomic E-state index is 11.9. The third-order valence-corrected chi connectivity index (χ3v) is 4.01. The van der Waals surface area contributed by atoms with Crippen molar-refractivity contribution < 1.29 is 9.90 Å². The lowest BCUT2D eigenvalue weighted by atomic mass is 9.92. The largest absolute Gasteiger partial charge is 0.375 e. The van der Waals surface area contributed by atoms with Crippen LogP contribution in [0.4, 0.5) is 0 Å². The summed E-state index contributed by atoms with van der Waals surface area (Å²) in [6.07, 6.45) is 0.456. The zero-order chi connectivity index (χ0) is 11.9. The van der Waals surface area contributed by atoms with Crippen LogP contribution in [-0.4, -0.2) is 29.5 Å². The number of carbonyl (C=O) groups is 1. The van der Waals surface area contributed by atoms with Crippen molar-refractivity contribution >= 4 is 21.8 Å². The molecule has 1 aliphatic rings. The molecule has 1 fully saturated rings. The van der Waals surface area contributed by atoms with Crippen molar-refractivity contribution in [2.75, 3.05) is 13.6 Å². The summed E-state index contributed by atoms with van der Waals surface area (Å²) in [5.41, 5.74) is 0.413. The molecule has 1 saturated heterocycles. The molecule has 0 unspecified atom stereocenters. The van der Waals surface area contributed by atoms with E-state index in [1.165, 1.54) is 0 Å². The molecule has 0 aliphatic carbocycles. The first-order valence-corrected chi connectivity index (χ1v) is 5.99. The van der Waals surface area contributed by atoms with Gasteiger partial charge in [-0.3, -0.25) is 4.79 Å². The first-order valence-electron chi connectivity index (χ1n) is 5.20. The molecule has 0 radical (unpaired) electrons. The van der Waals surface area contributed by atoms with E-state index in [1.807, 2.05) is 25.1 Å². The number of rotatable bonds is 1. The van der Waals surface area contributed by atoms with E-state index in [0.29, 0.717) is 18.5 Å². The Morgan fingerprint density at radius 2 is 2.19 bits per heavy atom. The second-order valence-electron chi connectivity index (χ2n) is 4.30. The van der Waals surface area contributed by atoms with Crippen molar-refractivity contribution in [3.63, 3.8) is 0 Å². The van der Waals surface area contributed by atoms with E-state index in [-0.39, 0.29) is 5.91 Å². The van der Waals surface area contributed by atoms with Crippen molar-refractivity contribution in [2.24, 2.45) is 0 Å². The molecule has 1 aromatic carbocycles. The Kier molecular flexibility index (Phi) is 2.80. The molecule has 1 aromatic rings. The van der Waals surface area contributed by atoms with Crippen LogP contribution in [0, 0.1) is 6.92 Å². The standard InChI is InChI=1S/C12H14BrNO2/c1-8-3-4-9(7-10(8)13)12(16)5-6-14(2)11(12)15/h3-4,7,16H,5-6H2,1-2H3/t12-/m1/s1. The SMILES string of the molecule is Cc1ccc([C@]2(O)CCN(C)C2=O)cc1Br. The fourth-order valence-corrected chi connectivity index (χ4v) is 2.35. The van der Waals surface area contributed by atoms with Gasteiger partial charge in [-0.05, 0) is 24.1 Å². The van der Waals surface area contributed by atoms with Crippen LogP contribution in [0.1, 0.15) is 17.5 Å². The minimum atomic E-state index is -1.34. The highest BCUT2D eigenvalue weighted by Crippen LogP contribution is 2.34. The first kappa shape index (κ1) is 11.6. The van der Waals surface area contributed by atoms with Crippen LogP contribution in [-0.2, 0) is 10.4 Å². The van der Waals surface area contributed by atoms with Crippen molar-refractivity contribution in [3.8, 4) is 0 Å². The number of benzene rings is 1. The van der Waals surface area contributed by atoms with Gasteiger partial charge in [0.05, 0.1) is 0 Å². The van der Waals surface area contributed by atoms with E-state index in [4.69, 9.17) is 0 Å². The number of hydrogen-bond donors (Lipinski definition) is 1. The van der Waals surface area contributed by atoms with Gasteiger partial charge in [-0.15, -0.1) is 0 Å². The van der Waals surface area contributed by atoms with Crippen molar-refractivity contribution in [1.82, 2.24) is 4.90 Å². The third-order valence-electron chi connectivity index (χ3n) is 3.16. The Morgan fingerprint density at radius 3 is 2.69 bits per heavy atom. The Bertz CT molecular complexity index is 447. The fourth-order valence-electron chi connectivity index (χ4n) is 1.97. The lowest BCUT2D eigenvalue weighted by molar-refractivity contribution is -0.143. The topological polar surface area (TPSA) is 40.5 Å². The van der Waals surface area contributed by atoms with Gasteiger partial charge in [-0.25, -0.2) is 0 Å². The molecule has 2 rings (SSSR count). The number of hydrogen-bond acceptors (Lipinski definition) is 2. The minimum absolute atomic E-state index is 0.219. The molecule has 86 valence electrons. The third kappa shape index (κ3) is 1.66. The van der Waals surface area contributed by atoms with Crippen molar-refractivity contribution in [2.45, 2.75) is 18.9 Å². The molecular formula is C12H14BrNO2. The number of halogens is 1. The molecule has 0 saturated carbocycles. The number of nitrogens with zero attached hydrogens (tertiary/aromatic N) is 1. The van der Waals surface area contributed by atoms with Crippen molar-refractivity contribution in [3.05, 3.63) is 33.8 Å². The number of likely N-dealkylation sites (tertiary alicyclic amines) is 1. The summed E-state index contributed by atoms with van der Waals surface area (Å²) in [6.45, 7) is 2.57. The zero-order valence-electron chi connectivity index (χ0n) is 9.33. The molecule has 0 bridgehead atoms. The summed E-state index contributed by atoms with van der Waals surface area (Å²) in [4.78, 5) is 13.4. The molecule has 4 heteroatoms. The van der Waals surface area contributed by atoms with Gasteiger partial charge in [0.25, 0.3) is 5.91 Å². The Labute approximate surface area is 103 Å². The quantitative estimate of drug-likeness (QED) is 0.854. The van der Waals surface area contributed by atoms with Gasteiger partial charge < -0.3 is 10.0 Å². The first-order chi connectivity index (χ1) is 7.45. The summed E-state index contributed by atoms with van der Waals surface area (Å²) < 4.78 is 0.917. The average molecular weight is 284 g/mol. The summed E-state index contributed by atoms with van der Waals surface area (Å²) >= 11 is 3.42. The molecule has 1 N–H and O–H groups in total. The Morgan fingerprint density at radius 1 is 1.50 bits per heavy atom. The van der Waals surface area contributed by atoms with Crippen LogP contribution in [0.25, 0.3) is 0 Å². The van der Waals surface area contributed by atoms with Crippen LogP contribution in [0.15, 0.2) is 22.7 Å². The lowest BCUT2D eigenvalue weighted by Gasteiger charge is -2.21.